The van der Waals surface area contributed by atoms with Crippen molar-refractivity contribution in [2.24, 2.45) is 0 Å². The number of aliphatic hydroxyl groups excluding tert-OH is 1. The molecule has 0 aliphatic carbocycles. The fraction of sp³-hybridized carbons (Fsp3) is 0.357. The van der Waals surface area contributed by atoms with Crippen molar-refractivity contribution in [1.82, 2.24) is 4.98 Å². The van der Waals surface area contributed by atoms with Gasteiger partial charge >= 0.3 is 0 Å². The highest BCUT2D eigenvalue weighted by molar-refractivity contribution is 9.10. The van der Waals surface area contributed by atoms with E-state index >= 15 is 0 Å². The van der Waals surface area contributed by atoms with E-state index < -0.39 is 0 Å². The lowest BCUT2D eigenvalue weighted by atomic mass is 10.1. The molecule has 0 aliphatic rings. The van der Waals surface area contributed by atoms with Crippen LogP contribution in [-0.2, 0) is 0 Å². The Hall–Kier alpha value is -1.33. The number of hydrogen-bond donors (Lipinski definition) is 2. The van der Waals surface area contributed by atoms with E-state index in [0.29, 0.717) is 12.2 Å². The summed E-state index contributed by atoms with van der Waals surface area (Å²) < 4.78 is 0.995. The van der Waals surface area contributed by atoms with Crippen molar-refractivity contribution in [2.75, 3.05) is 30.3 Å². The van der Waals surface area contributed by atoms with Crippen LogP contribution in [0.25, 0.3) is 10.9 Å². The molecule has 3 N–H and O–H groups in total. The molecule has 4 nitrogen and oxygen atoms in total. The first-order valence-corrected chi connectivity index (χ1v) is 7.16. The number of pyridine rings is 1. The average Bonchev–Trinajstić information content (AvgIpc) is 2.38. The Morgan fingerprint density at radius 1 is 1.37 bits per heavy atom. The first kappa shape index (κ1) is 14.1. The Balaban J connectivity index is 2.61. The van der Waals surface area contributed by atoms with Crippen LogP contribution in [0.15, 0.2) is 28.9 Å². The van der Waals surface area contributed by atoms with Gasteiger partial charge in [0, 0.05) is 22.9 Å². The Morgan fingerprint density at radius 3 is 2.84 bits per heavy atom. The van der Waals surface area contributed by atoms with Gasteiger partial charge in [0.1, 0.15) is 0 Å². The first-order valence-electron chi connectivity index (χ1n) is 6.37. The van der Waals surface area contributed by atoms with Crippen molar-refractivity contribution >= 4 is 38.2 Å². The van der Waals surface area contributed by atoms with Crippen molar-refractivity contribution in [3.63, 3.8) is 0 Å². The summed E-state index contributed by atoms with van der Waals surface area (Å²) in [5, 5.41) is 10.2. The third kappa shape index (κ3) is 2.98. The van der Waals surface area contributed by atoms with Gasteiger partial charge in [0.25, 0.3) is 0 Å². The summed E-state index contributed by atoms with van der Waals surface area (Å²) in [4.78, 5) is 6.47. The molecule has 2 aromatic rings. The predicted molar refractivity (Wildman–Crippen MR) is 83.4 cm³/mol. The summed E-state index contributed by atoms with van der Waals surface area (Å²) in [5.74, 6) is 0. The summed E-state index contributed by atoms with van der Waals surface area (Å²) in [6, 6.07) is 5.95. The topological polar surface area (TPSA) is 62.4 Å². The zero-order chi connectivity index (χ0) is 13.8. The smallest absolute Gasteiger partial charge is 0.0745 e. The van der Waals surface area contributed by atoms with E-state index in [1.165, 1.54) is 0 Å². The van der Waals surface area contributed by atoms with E-state index in [-0.39, 0.29) is 6.61 Å². The quantitative estimate of drug-likeness (QED) is 0.888. The van der Waals surface area contributed by atoms with Gasteiger partial charge in [0.05, 0.1) is 29.7 Å². The molecule has 0 spiro atoms. The summed E-state index contributed by atoms with van der Waals surface area (Å²) in [6.45, 7) is 3.65. The minimum Gasteiger partial charge on any atom is -0.396 e. The number of nitrogens with two attached hydrogens (primary N) is 1. The summed E-state index contributed by atoms with van der Waals surface area (Å²) in [7, 11) is 0. The number of nitrogen functional groups attached to an aromatic ring is 1. The highest BCUT2D eigenvalue weighted by atomic mass is 79.9. The molecule has 102 valence electrons. The van der Waals surface area contributed by atoms with Crippen LogP contribution in [0, 0.1) is 0 Å². The highest BCUT2D eigenvalue weighted by Gasteiger charge is 2.14. The minimum atomic E-state index is 0.108. The lowest BCUT2D eigenvalue weighted by molar-refractivity contribution is 0.302. The maximum atomic E-state index is 9.23. The van der Waals surface area contributed by atoms with Crippen molar-refractivity contribution in [2.45, 2.75) is 13.3 Å². The molecule has 1 aromatic heterocycles. The van der Waals surface area contributed by atoms with Gasteiger partial charge in [-0.05, 0) is 24.6 Å². The largest absolute Gasteiger partial charge is 0.396 e. The molecule has 1 heterocycles. The molecule has 0 radical (unpaired) electrons. The maximum Gasteiger partial charge on any atom is 0.0745 e. The normalized spacial score (nSPS) is 10.9. The SMILES string of the molecule is CCCN(CCO)c1c(N)cnc2ccc(Br)cc12. The summed E-state index contributed by atoms with van der Waals surface area (Å²) in [5.41, 5.74) is 8.61. The minimum absolute atomic E-state index is 0.108. The number of halogens is 1. The maximum absolute atomic E-state index is 9.23. The molecule has 2 rings (SSSR count). The lowest BCUT2D eigenvalue weighted by Crippen LogP contribution is -2.28. The van der Waals surface area contributed by atoms with Gasteiger partial charge < -0.3 is 15.7 Å². The predicted octanol–water partition coefficient (Wildman–Crippen LogP) is 2.79. The van der Waals surface area contributed by atoms with E-state index in [2.05, 4.69) is 32.7 Å². The van der Waals surface area contributed by atoms with Gasteiger partial charge in [0.15, 0.2) is 0 Å². The highest BCUT2D eigenvalue weighted by Crippen LogP contribution is 2.33. The zero-order valence-electron chi connectivity index (χ0n) is 10.9. The van der Waals surface area contributed by atoms with Gasteiger partial charge in [-0.3, -0.25) is 4.98 Å². The Kier molecular flexibility index (Phi) is 4.61. The van der Waals surface area contributed by atoms with E-state index in [1.54, 1.807) is 6.20 Å². The van der Waals surface area contributed by atoms with E-state index in [0.717, 1.165) is 34.0 Å². The molecule has 19 heavy (non-hydrogen) atoms. The number of fused-ring (bicyclic) bond motifs is 1. The Bertz CT molecular complexity index is 563. The third-order valence-electron chi connectivity index (χ3n) is 3.01. The molecule has 0 atom stereocenters. The van der Waals surface area contributed by atoms with Crippen LogP contribution < -0.4 is 10.6 Å². The van der Waals surface area contributed by atoms with E-state index in [9.17, 15) is 5.11 Å². The molecule has 5 heteroatoms. The van der Waals surface area contributed by atoms with Gasteiger partial charge in [-0.25, -0.2) is 0 Å². The van der Waals surface area contributed by atoms with Crippen LogP contribution >= 0.6 is 15.9 Å². The summed E-state index contributed by atoms with van der Waals surface area (Å²) in [6.07, 6.45) is 2.68. The molecule has 1 aromatic carbocycles. The monoisotopic (exact) mass is 323 g/mol. The molecule has 0 fully saturated rings. The fourth-order valence-corrected chi connectivity index (χ4v) is 2.61. The molecule has 0 bridgehead atoms. The number of benzene rings is 1. The Morgan fingerprint density at radius 2 is 2.16 bits per heavy atom. The zero-order valence-corrected chi connectivity index (χ0v) is 12.5. The van der Waals surface area contributed by atoms with Gasteiger partial charge in [0.2, 0.25) is 0 Å². The van der Waals surface area contributed by atoms with Crippen LogP contribution in [0.2, 0.25) is 0 Å². The second-order valence-corrected chi connectivity index (χ2v) is 5.35. The summed E-state index contributed by atoms with van der Waals surface area (Å²) >= 11 is 3.48. The lowest BCUT2D eigenvalue weighted by Gasteiger charge is -2.26. The van der Waals surface area contributed by atoms with Gasteiger partial charge in [-0.1, -0.05) is 22.9 Å². The second-order valence-electron chi connectivity index (χ2n) is 4.43. The van der Waals surface area contributed by atoms with Crippen molar-refractivity contribution in [3.05, 3.63) is 28.9 Å². The third-order valence-corrected chi connectivity index (χ3v) is 3.50. The van der Waals surface area contributed by atoms with Crippen LogP contribution in [0.3, 0.4) is 0 Å². The van der Waals surface area contributed by atoms with Crippen molar-refractivity contribution < 1.29 is 5.11 Å². The number of nitrogens with zero attached hydrogens (tertiary/aromatic N) is 2. The average molecular weight is 324 g/mol. The van der Waals surface area contributed by atoms with Gasteiger partial charge in [-0.2, -0.15) is 0 Å². The van der Waals surface area contributed by atoms with Crippen molar-refractivity contribution in [3.8, 4) is 0 Å². The molecular weight excluding hydrogens is 306 g/mol. The Labute approximate surface area is 121 Å². The molecule has 0 amide bonds. The standard InChI is InChI=1S/C14H18BrN3O/c1-2-5-18(6-7-19)14-11-8-10(15)3-4-13(11)17-9-12(14)16/h3-4,8-9,19H,2,5-7,16H2,1H3. The van der Waals surface area contributed by atoms with Crippen LogP contribution in [0.5, 0.6) is 0 Å². The molecule has 0 saturated carbocycles. The second kappa shape index (κ2) is 6.21. The molecule has 0 unspecified atom stereocenters. The van der Waals surface area contributed by atoms with Crippen LogP contribution in [0.1, 0.15) is 13.3 Å². The van der Waals surface area contributed by atoms with Crippen LogP contribution in [0.4, 0.5) is 11.4 Å². The first-order chi connectivity index (χ1) is 9.17. The van der Waals surface area contributed by atoms with Gasteiger partial charge in [-0.15, -0.1) is 0 Å². The molecule has 0 aliphatic heterocycles. The van der Waals surface area contributed by atoms with E-state index in [4.69, 9.17) is 5.73 Å². The number of anilines is 2. The van der Waals surface area contributed by atoms with Crippen LogP contribution in [-0.4, -0.2) is 29.8 Å². The molecular formula is C14H18BrN3O. The number of aliphatic hydroxyl groups is 1. The van der Waals surface area contributed by atoms with Crippen molar-refractivity contribution in [1.29, 1.82) is 0 Å². The fourth-order valence-electron chi connectivity index (χ4n) is 2.25. The number of rotatable bonds is 5. The number of aromatic nitrogens is 1. The van der Waals surface area contributed by atoms with E-state index in [1.807, 2.05) is 18.2 Å². The number of hydrogen-bond acceptors (Lipinski definition) is 4. The molecule has 0 saturated heterocycles.